The Kier molecular flexibility index (Phi) is 23.2. The van der Waals surface area contributed by atoms with Crippen LogP contribution in [-0.4, -0.2) is 153 Å². The van der Waals surface area contributed by atoms with Gasteiger partial charge in [0.1, 0.15) is 30.0 Å². The maximum Gasteiger partial charge on any atom is 0.329 e. The lowest BCUT2D eigenvalue weighted by molar-refractivity contribution is -0.176. The Bertz CT molecular complexity index is 2500. The van der Waals surface area contributed by atoms with Crippen molar-refractivity contribution in [3.05, 3.63) is 89.5 Å². The first kappa shape index (κ1) is 63.9. The van der Waals surface area contributed by atoms with Crippen molar-refractivity contribution >= 4 is 47.5 Å². The van der Waals surface area contributed by atoms with Gasteiger partial charge in [0.2, 0.25) is 0 Å². The fourth-order valence-corrected chi connectivity index (χ4v) is 9.58. The first-order valence-electron chi connectivity index (χ1n) is 27.4. The second-order valence-corrected chi connectivity index (χ2v) is 23.7. The molecule has 2 aromatic carbocycles. The molecule has 430 valence electrons. The summed E-state index contributed by atoms with van der Waals surface area (Å²) < 4.78 is 26.2. The van der Waals surface area contributed by atoms with Gasteiger partial charge in [-0.1, -0.05) is 131 Å². The van der Waals surface area contributed by atoms with Gasteiger partial charge in [0.15, 0.2) is 24.4 Å². The van der Waals surface area contributed by atoms with Crippen LogP contribution in [0.1, 0.15) is 138 Å². The molecule has 18 heteroatoms. The summed E-state index contributed by atoms with van der Waals surface area (Å²) in [4.78, 5) is 126. The molecule has 3 aromatic rings. The lowest BCUT2D eigenvalue weighted by Gasteiger charge is -2.35. The third-order valence-electron chi connectivity index (χ3n) is 13.9. The van der Waals surface area contributed by atoms with Crippen LogP contribution < -0.4 is 0 Å². The summed E-state index contributed by atoms with van der Waals surface area (Å²) in [5, 5.41) is 0. The summed E-state index contributed by atoms with van der Waals surface area (Å²) in [5.74, 6) is -6.37. The lowest BCUT2D eigenvalue weighted by Crippen LogP contribution is -2.55. The molecule has 0 aliphatic carbocycles. The summed E-state index contributed by atoms with van der Waals surface area (Å²) in [6.07, 6.45) is -2.10. The van der Waals surface area contributed by atoms with E-state index >= 15 is 4.79 Å². The van der Waals surface area contributed by atoms with Gasteiger partial charge in [-0.05, 0) is 79.9 Å². The Morgan fingerprint density at radius 2 is 0.782 bits per heavy atom. The Morgan fingerprint density at radius 3 is 1.13 bits per heavy atom. The number of carbonyl (C=O) groups is 8. The summed E-state index contributed by atoms with van der Waals surface area (Å²) >= 11 is 0. The third kappa shape index (κ3) is 17.7. The Balaban J connectivity index is 1.86. The number of benzene rings is 2. The molecule has 1 aliphatic rings. The van der Waals surface area contributed by atoms with E-state index in [9.17, 15) is 33.6 Å². The molecule has 1 aliphatic heterocycles. The number of nitrogens with zero attached hydrogens (tertiary/aromatic N) is 6. The van der Waals surface area contributed by atoms with Gasteiger partial charge in [0.05, 0.1) is 0 Å². The summed E-state index contributed by atoms with van der Waals surface area (Å²) in [7, 11) is 5.59. The maximum absolute atomic E-state index is 15.0. The lowest BCUT2D eigenvalue weighted by atomic mass is 9.95. The van der Waals surface area contributed by atoms with Crippen LogP contribution in [0.15, 0.2) is 67.0 Å². The van der Waals surface area contributed by atoms with Gasteiger partial charge < -0.3 is 43.1 Å². The minimum Gasteiger partial charge on any atom is -0.451 e. The monoisotopic (exact) mass is 1080 g/mol. The molecule has 2 heterocycles. The van der Waals surface area contributed by atoms with E-state index < -0.39 is 96.1 Å². The number of hydrogen-bond donors (Lipinski definition) is 0. The molecule has 1 aromatic heterocycles. The third-order valence-corrected chi connectivity index (χ3v) is 13.9. The number of imidazole rings is 1. The average Bonchev–Trinajstić information content (AvgIpc) is 3.85. The molecular weight excluding hydrogens is 997 g/mol. The van der Waals surface area contributed by atoms with E-state index in [-0.39, 0.29) is 67.6 Å². The second kappa shape index (κ2) is 28.3. The molecule has 18 nitrogen and oxygen atoms in total. The molecule has 78 heavy (non-hydrogen) atoms. The van der Waals surface area contributed by atoms with E-state index in [4.69, 9.17) is 18.9 Å². The number of amides is 4. The second-order valence-electron chi connectivity index (χ2n) is 23.7. The molecule has 1 saturated heterocycles. The predicted octanol–water partition coefficient (Wildman–Crippen LogP) is 7.21. The smallest absolute Gasteiger partial charge is 0.329 e. The van der Waals surface area contributed by atoms with Gasteiger partial charge in [-0.15, -0.1) is 0 Å². The molecule has 0 unspecified atom stereocenters. The zero-order chi connectivity index (χ0) is 58.5. The van der Waals surface area contributed by atoms with Crippen LogP contribution in [0.3, 0.4) is 0 Å². The van der Waals surface area contributed by atoms with Crippen LogP contribution in [-0.2, 0) is 82.1 Å². The number of hydrogen-bond acceptors (Lipinski definition) is 13. The molecule has 0 saturated carbocycles. The standard InChI is InChI=1S/C60H88N6O12/c1-36(2)29-45-55(71)75-41(10)52(68)63(15)48(32-39(7)8)58(74)78-50(34-43-23-25-44(26-24-43)35-66-28-27-61-59(66)60(11,12)13)54(70)65(17)46(30-37(3)4)56(72)76-40(9)51(67)62(14)47(31-38(5)6)57(73)77-49(53(69)64(45)16)33-42-21-19-18-20-22-42/h18-28,36-41,45-50H,29-35H2,1-17H3/t40-,41-,45+,46+,47+,48+,49-,50-/m1/s1. The first-order valence-corrected chi connectivity index (χ1v) is 27.4. The van der Waals surface area contributed by atoms with E-state index in [0.717, 1.165) is 26.1 Å². The highest BCUT2D eigenvalue weighted by Crippen LogP contribution is 2.26. The molecule has 0 spiro atoms. The normalized spacial score (nSPS) is 23.8. The number of cyclic esters (lactones) is 4. The number of carbonyl (C=O) groups excluding carboxylic acids is 8. The van der Waals surface area contributed by atoms with Gasteiger partial charge in [-0.25, -0.2) is 24.2 Å². The Labute approximate surface area is 462 Å². The van der Waals surface area contributed by atoms with Crippen LogP contribution in [0.4, 0.5) is 0 Å². The minimum absolute atomic E-state index is 0.0889. The van der Waals surface area contributed by atoms with E-state index in [1.807, 2.05) is 85.9 Å². The van der Waals surface area contributed by atoms with E-state index in [1.54, 1.807) is 36.5 Å². The highest BCUT2D eigenvalue weighted by atomic mass is 16.6. The molecule has 4 rings (SSSR count). The van der Waals surface area contributed by atoms with Gasteiger partial charge in [0, 0.05) is 65.4 Å². The quantitative estimate of drug-likeness (QED) is 0.116. The molecule has 0 radical (unpaired) electrons. The number of likely N-dealkylation sites (N-methyl/N-ethyl adjacent to an activating group) is 4. The minimum atomic E-state index is -1.53. The highest BCUT2D eigenvalue weighted by molar-refractivity contribution is 5.94. The predicted molar refractivity (Wildman–Crippen MR) is 295 cm³/mol. The zero-order valence-corrected chi connectivity index (χ0v) is 49.3. The van der Waals surface area contributed by atoms with Crippen molar-refractivity contribution in [1.82, 2.24) is 29.2 Å². The van der Waals surface area contributed by atoms with Gasteiger partial charge >= 0.3 is 23.9 Å². The van der Waals surface area contributed by atoms with Crippen molar-refractivity contribution in [3.8, 4) is 0 Å². The van der Waals surface area contributed by atoms with Crippen molar-refractivity contribution in [1.29, 1.82) is 0 Å². The van der Waals surface area contributed by atoms with Crippen molar-refractivity contribution in [3.63, 3.8) is 0 Å². The Morgan fingerprint density at radius 1 is 0.462 bits per heavy atom. The van der Waals surface area contributed by atoms with Crippen LogP contribution in [0.25, 0.3) is 0 Å². The number of aromatic nitrogens is 2. The van der Waals surface area contributed by atoms with Crippen LogP contribution >= 0.6 is 0 Å². The van der Waals surface area contributed by atoms with Gasteiger partial charge in [-0.3, -0.25) is 19.2 Å². The van der Waals surface area contributed by atoms with Crippen molar-refractivity contribution in [2.75, 3.05) is 28.2 Å². The molecule has 0 N–H and O–H groups in total. The number of ether oxygens (including phenoxy) is 4. The number of esters is 4. The molecule has 0 bridgehead atoms. The van der Waals surface area contributed by atoms with E-state index in [2.05, 4.69) is 30.3 Å². The average molecular weight is 1090 g/mol. The molecule has 8 atom stereocenters. The fourth-order valence-electron chi connectivity index (χ4n) is 9.58. The van der Waals surface area contributed by atoms with Crippen molar-refractivity contribution < 1.29 is 57.3 Å². The van der Waals surface area contributed by atoms with Crippen molar-refractivity contribution in [2.24, 2.45) is 23.7 Å². The van der Waals surface area contributed by atoms with Gasteiger partial charge in [-0.2, -0.15) is 0 Å². The number of rotatable bonds is 14. The van der Waals surface area contributed by atoms with Gasteiger partial charge in [0.25, 0.3) is 23.6 Å². The SMILES string of the molecule is CC(C)C[C@H]1C(=O)O[C@H](Cc2ccc(Cn3ccnc3C(C)(C)C)cc2)C(=O)N(C)[C@@H](CC(C)C)C(=O)O[C@H](C)C(=O)N(C)[C@@H](CC(C)C)C(=O)O[C@H](Cc2ccccc2)C(=O)N(C)[C@@H](CC(C)C)C(=O)O[C@H](C)C(=O)N1C. The topological polar surface area (TPSA) is 204 Å². The van der Waals surface area contributed by atoms with Crippen molar-refractivity contribution in [2.45, 2.75) is 189 Å². The molecule has 4 amide bonds. The maximum atomic E-state index is 15.0. The van der Waals surface area contributed by atoms with Crippen LogP contribution in [0, 0.1) is 23.7 Å². The van der Waals surface area contributed by atoms with E-state index in [0.29, 0.717) is 17.7 Å². The summed E-state index contributed by atoms with van der Waals surface area (Å²) in [6, 6.07) is 11.3. The van der Waals surface area contributed by atoms with E-state index in [1.165, 1.54) is 46.9 Å². The first-order chi connectivity index (χ1) is 36.4. The summed E-state index contributed by atoms with van der Waals surface area (Å²) in [6.45, 7) is 24.4. The fraction of sp³-hybridized carbons (Fsp3) is 0.617. The van der Waals surface area contributed by atoms with Crippen LogP contribution in [0.2, 0.25) is 0 Å². The van der Waals surface area contributed by atoms with Crippen LogP contribution in [0.5, 0.6) is 0 Å². The molecule has 1 fully saturated rings. The Hall–Kier alpha value is -6.59. The zero-order valence-electron chi connectivity index (χ0n) is 49.3. The largest absolute Gasteiger partial charge is 0.451 e. The summed E-state index contributed by atoms with van der Waals surface area (Å²) in [5.41, 5.74) is 2.02. The highest BCUT2D eigenvalue weighted by Gasteiger charge is 2.43. The molecular formula is C60H88N6O12.